The van der Waals surface area contributed by atoms with Crippen LogP contribution in [0.3, 0.4) is 0 Å². The van der Waals surface area contributed by atoms with Crippen molar-refractivity contribution in [1.82, 2.24) is 9.38 Å². The van der Waals surface area contributed by atoms with Crippen molar-refractivity contribution in [2.24, 2.45) is 0 Å². The zero-order valence-corrected chi connectivity index (χ0v) is 13.3. The lowest BCUT2D eigenvalue weighted by Gasteiger charge is -2.07. The predicted octanol–water partition coefficient (Wildman–Crippen LogP) is 4.14. The molecule has 2 heterocycles. The van der Waals surface area contributed by atoms with Crippen molar-refractivity contribution in [2.45, 2.75) is 33.6 Å². The molecule has 0 spiro atoms. The lowest BCUT2D eigenvalue weighted by atomic mass is 10.1. The summed E-state index contributed by atoms with van der Waals surface area (Å²) in [4.78, 5) is 15.8. The van der Waals surface area contributed by atoms with Gasteiger partial charge >= 0.3 is 0 Å². The molecule has 3 aromatic rings. The van der Waals surface area contributed by atoms with Gasteiger partial charge in [-0.25, -0.2) is 4.98 Å². The zero-order chi connectivity index (χ0) is 15.7. The number of aryl methyl sites for hydroxylation is 3. The smallest absolute Gasteiger partial charge is 0.137 e. The number of carbonyl (C=O) groups is 1. The Labute approximate surface area is 130 Å². The molecule has 0 amide bonds. The number of imidazole rings is 1. The van der Waals surface area contributed by atoms with Crippen LogP contribution in [0.5, 0.6) is 0 Å². The van der Waals surface area contributed by atoms with E-state index in [9.17, 15) is 4.79 Å². The van der Waals surface area contributed by atoms with Crippen molar-refractivity contribution < 1.29 is 4.79 Å². The van der Waals surface area contributed by atoms with Crippen LogP contribution in [0, 0.1) is 13.8 Å². The highest BCUT2D eigenvalue weighted by Gasteiger charge is 2.11. The van der Waals surface area contributed by atoms with Crippen molar-refractivity contribution in [3.8, 4) is 11.3 Å². The summed E-state index contributed by atoms with van der Waals surface area (Å²) < 4.78 is 2.14. The molecule has 2 aromatic heterocycles. The van der Waals surface area contributed by atoms with Crippen molar-refractivity contribution in [2.75, 3.05) is 0 Å². The fourth-order valence-corrected chi connectivity index (χ4v) is 2.81. The van der Waals surface area contributed by atoms with Gasteiger partial charge in [0.2, 0.25) is 0 Å². The Balaban J connectivity index is 2.10. The Morgan fingerprint density at radius 3 is 2.73 bits per heavy atom. The van der Waals surface area contributed by atoms with E-state index in [1.807, 2.05) is 13.0 Å². The SMILES string of the molecule is CC(=O)CCc1ccc2nc(C)c(-c3cccc(C)c3)n2c1. The van der Waals surface area contributed by atoms with Crippen molar-refractivity contribution in [3.63, 3.8) is 0 Å². The van der Waals surface area contributed by atoms with Gasteiger partial charge in [-0.05, 0) is 44.9 Å². The first-order valence-electron chi connectivity index (χ1n) is 7.58. The molecule has 0 saturated heterocycles. The molecule has 1 aromatic carbocycles. The third kappa shape index (κ3) is 2.80. The summed E-state index contributed by atoms with van der Waals surface area (Å²) in [6.45, 7) is 5.78. The van der Waals surface area contributed by atoms with Crippen molar-refractivity contribution in [1.29, 1.82) is 0 Å². The van der Waals surface area contributed by atoms with Crippen LogP contribution in [0.4, 0.5) is 0 Å². The first-order chi connectivity index (χ1) is 10.5. The molecule has 0 aliphatic rings. The molecular formula is C19H20N2O. The van der Waals surface area contributed by atoms with Gasteiger partial charge in [-0.1, -0.05) is 29.8 Å². The third-order valence-corrected chi connectivity index (χ3v) is 3.91. The predicted molar refractivity (Wildman–Crippen MR) is 89.1 cm³/mol. The Kier molecular flexibility index (Phi) is 3.80. The lowest BCUT2D eigenvalue weighted by molar-refractivity contribution is -0.116. The summed E-state index contributed by atoms with van der Waals surface area (Å²) >= 11 is 0. The van der Waals surface area contributed by atoms with E-state index >= 15 is 0 Å². The van der Waals surface area contributed by atoms with Gasteiger partial charge in [0.15, 0.2) is 0 Å². The Morgan fingerprint density at radius 2 is 2.00 bits per heavy atom. The van der Waals surface area contributed by atoms with E-state index in [1.54, 1.807) is 6.92 Å². The third-order valence-electron chi connectivity index (χ3n) is 3.91. The largest absolute Gasteiger partial charge is 0.300 e. The summed E-state index contributed by atoms with van der Waals surface area (Å²) in [5, 5.41) is 0. The maximum absolute atomic E-state index is 11.2. The molecule has 3 heteroatoms. The van der Waals surface area contributed by atoms with Crippen LogP contribution in [-0.4, -0.2) is 15.2 Å². The van der Waals surface area contributed by atoms with E-state index in [0.29, 0.717) is 6.42 Å². The van der Waals surface area contributed by atoms with Crippen molar-refractivity contribution in [3.05, 3.63) is 59.4 Å². The van der Waals surface area contributed by atoms with E-state index in [-0.39, 0.29) is 5.78 Å². The molecule has 22 heavy (non-hydrogen) atoms. The molecule has 0 aliphatic heterocycles. The highest BCUT2D eigenvalue weighted by atomic mass is 16.1. The number of hydrogen-bond acceptors (Lipinski definition) is 2. The second kappa shape index (κ2) is 5.76. The number of hydrogen-bond donors (Lipinski definition) is 0. The Hall–Kier alpha value is -2.42. The Morgan fingerprint density at radius 1 is 1.18 bits per heavy atom. The number of benzene rings is 1. The normalized spacial score (nSPS) is 11.0. The van der Waals surface area contributed by atoms with Crippen LogP contribution in [0.25, 0.3) is 16.9 Å². The quantitative estimate of drug-likeness (QED) is 0.724. The summed E-state index contributed by atoms with van der Waals surface area (Å²) in [6, 6.07) is 12.6. The van der Waals surface area contributed by atoms with Gasteiger partial charge in [-0.15, -0.1) is 0 Å². The number of aromatic nitrogens is 2. The molecule has 112 valence electrons. The molecule has 0 N–H and O–H groups in total. The number of fused-ring (bicyclic) bond motifs is 1. The van der Waals surface area contributed by atoms with Crippen LogP contribution in [-0.2, 0) is 11.2 Å². The summed E-state index contributed by atoms with van der Waals surface area (Å²) in [7, 11) is 0. The van der Waals surface area contributed by atoms with E-state index in [4.69, 9.17) is 0 Å². The van der Waals surface area contributed by atoms with Crippen LogP contribution >= 0.6 is 0 Å². The topological polar surface area (TPSA) is 34.4 Å². The average molecular weight is 292 g/mol. The van der Waals surface area contributed by atoms with E-state index in [2.05, 4.69) is 52.8 Å². The molecule has 0 aliphatic carbocycles. The Bertz CT molecular complexity index is 846. The molecule has 0 radical (unpaired) electrons. The standard InChI is InChI=1S/C19H20N2O/c1-13-5-4-6-17(11-13)19-15(3)20-18-10-9-16(12-21(18)19)8-7-14(2)22/h4-6,9-12H,7-8H2,1-3H3. The van der Waals surface area contributed by atoms with Gasteiger partial charge < -0.3 is 4.79 Å². The highest BCUT2D eigenvalue weighted by molar-refractivity contribution is 5.75. The van der Waals surface area contributed by atoms with Gasteiger partial charge in [-0.3, -0.25) is 4.40 Å². The van der Waals surface area contributed by atoms with Gasteiger partial charge in [0, 0.05) is 18.2 Å². The van der Waals surface area contributed by atoms with E-state index in [1.165, 1.54) is 11.1 Å². The van der Waals surface area contributed by atoms with Gasteiger partial charge in [0.05, 0.1) is 11.4 Å². The van der Waals surface area contributed by atoms with Gasteiger partial charge in [-0.2, -0.15) is 0 Å². The molecule has 3 nitrogen and oxygen atoms in total. The molecule has 0 unspecified atom stereocenters. The number of ketones is 1. The highest BCUT2D eigenvalue weighted by Crippen LogP contribution is 2.26. The fourth-order valence-electron chi connectivity index (χ4n) is 2.81. The number of nitrogens with zero attached hydrogens (tertiary/aromatic N) is 2. The lowest BCUT2D eigenvalue weighted by Crippen LogP contribution is -1.97. The second-order valence-electron chi connectivity index (χ2n) is 5.88. The minimum absolute atomic E-state index is 0.223. The second-order valence-corrected chi connectivity index (χ2v) is 5.88. The fraction of sp³-hybridized carbons (Fsp3) is 0.263. The minimum atomic E-state index is 0.223. The number of rotatable bonds is 4. The summed E-state index contributed by atoms with van der Waals surface area (Å²) in [6.07, 6.45) is 3.46. The molecule has 3 rings (SSSR count). The molecule has 0 atom stereocenters. The summed E-state index contributed by atoms with van der Waals surface area (Å²) in [5.41, 5.74) is 6.67. The van der Waals surface area contributed by atoms with Gasteiger partial charge in [0.1, 0.15) is 11.4 Å². The monoisotopic (exact) mass is 292 g/mol. The minimum Gasteiger partial charge on any atom is -0.300 e. The maximum atomic E-state index is 11.2. The van der Waals surface area contributed by atoms with Gasteiger partial charge in [0.25, 0.3) is 0 Å². The number of pyridine rings is 1. The summed E-state index contributed by atoms with van der Waals surface area (Å²) in [5.74, 6) is 0.223. The van der Waals surface area contributed by atoms with Crippen LogP contribution < -0.4 is 0 Å². The first kappa shape index (κ1) is 14.5. The van der Waals surface area contributed by atoms with Crippen LogP contribution in [0.15, 0.2) is 42.6 Å². The van der Waals surface area contributed by atoms with E-state index < -0.39 is 0 Å². The zero-order valence-electron chi connectivity index (χ0n) is 13.3. The number of carbonyl (C=O) groups excluding carboxylic acids is 1. The maximum Gasteiger partial charge on any atom is 0.137 e. The first-order valence-corrected chi connectivity index (χ1v) is 7.58. The molecule has 0 bridgehead atoms. The average Bonchev–Trinajstić information content (AvgIpc) is 2.80. The van der Waals surface area contributed by atoms with E-state index in [0.717, 1.165) is 29.0 Å². The number of Topliss-reactive ketones (excluding diaryl/α,β-unsaturated/α-hetero) is 1. The molecular weight excluding hydrogens is 272 g/mol. The van der Waals surface area contributed by atoms with Crippen molar-refractivity contribution >= 4 is 11.4 Å². The molecule has 0 saturated carbocycles. The molecule has 0 fully saturated rings. The van der Waals surface area contributed by atoms with Crippen LogP contribution in [0.1, 0.15) is 30.2 Å². The van der Waals surface area contributed by atoms with Crippen LogP contribution in [0.2, 0.25) is 0 Å².